The van der Waals surface area contributed by atoms with Crippen LogP contribution in [0.5, 0.6) is 0 Å². The number of rotatable bonds is 6. The number of hydrogen-bond acceptors (Lipinski definition) is 4. The molecule has 4 rings (SSSR count). The Labute approximate surface area is 180 Å². The van der Waals surface area contributed by atoms with E-state index in [2.05, 4.69) is 47.6 Å². The minimum Gasteiger partial charge on any atom is -0.322 e. The quantitative estimate of drug-likeness (QED) is 0.428. The van der Waals surface area contributed by atoms with Gasteiger partial charge in [0.2, 0.25) is 0 Å². The van der Waals surface area contributed by atoms with Crippen LogP contribution in [0.15, 0.2) is 84.3 Å². The van der Waals surface area contributed by atoms with Gasteiger partial charge in [0.05, 0.1) is 5.69 Å². The molecule has 1 heterocycles. The average Bonchev–Trinajstić information content (AvgIpc) is 3.21. The smallest absolute Gasteiger partial charge is 0.255 e. The molecule has 0 saturated carbocycles. The van der Waals surface area contributed by atoms with E-state index in [4.69, 9.17) is 0 Å². The van der Waals surface area contributed by atoms with Gasteiger partial charge in [-0.25, -0.2) is 0 Å². The molecular formula is C24H22N4OS. The molecule has 0 unspecified atom stereocenters. The minimum atomic E-state index is -0.116. The van der Waals surface area contributed by atoms with E-state index in [1.165, 1.54) is 11.1 Å². The maximum atomic E-state index is 12.4. The second kappa shape index (κ2) is 8.97. The summed E-state index contributed by atoms with van der Waals surface area (Å²) >= 11 is 1.62. The first-order valence-corrected chi connectivity index (χ1v) is 10.6. The van der Waals surface area contributed by atoms with Crippen LogP contribution in [0.25, 0.3) is 5.69 Å². The highest BCUT2D eigenvalue weighted by Crippen LogP contribution is 2.25. The summed E-state index contributed by atoms with van der Waals surface area (Å²) in [7, 11) is 0. The highest BCUT2D eigenvalue weighted by molar-refractivity contribution is 7.98. The first kappa shape index (κ1) is 19.9. The van der Waals surface area contributed by atoms with Crippen LogP contribution >= 0.6 is 11.8 Å². The molecule has 0 aliphatic rings. The molecule has 150 valence electrons. The van der Waals surface area contributed by atoms with Gasteiger partial charge in [0.1, 0.15) is 6.33 Å². The number of aromatic nitrogens is 3. The molecular weight excluding hydrogens is 392 g/mol. The van der Waals surface area contributed by atoms with E-state index < -0.39 is 0 Å². The molecule has 1 aromatic heterocycles. The van der Waals surface area contributed by atoms with Crippen LogP contribution in [0.3, 0.4) is 0 Å². The fraction of sp³-hybridized carbons (Fsp3) is 0.125. The molecule has 5 nitrogen and oxygen atoms in total. The van der Waals surface area contributed by atoms with Crippen LogP contribution in [0.2, 0.25) is 0 Å². The number of aryl methyl sites for hydroxylation is 2. The first-order chi connectivity index (χ1) is 14.6. The standard InChI is InChI=1S/C24H22N4OS/c1-17-8-13-22(18(2)14-17)28-16-25-27-24(28)30-15-19-9-11-20(12-10-19)23(29)26-21-6-4-3-5-7-21/h3-14,16H,15H2,1-2H3,(H,26,29). The molecule has 4 aromatic rings. The Hall–Kier alpha value is -3.38. The Balaban J connectivity index is 1.42. The van der Waals surface area contributed by atoms with Crippen LogP contribution in [0.1, 0.15) is 27.0 Å². The summed E-state index contributed by atoms with van der Waals surface area (Å²) < 4.78 is 2.01. The highest BCUT2D eigenvalue weighted by Gasteiger charge is 2.11. The third-order valence-corrected chi connectivity index (χ3v) is 5.76. The number of para-hydroxylation sites is 1. The summed E-state index contributed by atoms with van der Waals surface area (Å²) in [5.41, 5.74) is 6.03. The molecule has 0 bridgehead atoms. The van der Waals surface area contributed by atoms with E-state index in [0.717, 1.165) is 27.8 Å². The van der Waals surface area contributed by atoms with Crippen molar-refractivity contribution in [1.29, 1.82) is 0 Å². The SMILES string of the molecule is Cc1ccc(-n2cnnc2SCc2ccc(C(=O)Nc3ccccc3)cc2)c(C)c1. The second-order valence-corrected chi connectivity index (χ2v) is 8.02. The van der Waals surface area contributed by atoms with Crippen molar-refractivity contribution in [3.05, 3.63) is 101 Å². The van der Waals surface area contributed by atoms with E-state index in [1.54, 1.807) is 18.1 Å². The molecule has 3 aromatic carbocycles. The predicted octanol–water partition coefficient (Wildman–Crippen LogP) is 5.43. The van der Waals surface area contributed by atoms with E-state index in [0.29, 0.717) is 5.56 Å². The average molecular weight is 415 g/mol. The van der Waals surface area contributed by atoms with Gasteiger partial charge in [0.25, 0.3) is 5.91 Å². The number of nitrogens with zero attached hydrogens (tertiary/aromatic N) is 3. The van der Waals surface area contributed by atoms with Gasteiger partial charge in [-0.05, 0) is 55.3 Å². The first-order valence-electron chi connectivity index (χ1n) is 9.66. The number of thioether (sulfide) groups is 1. The zero-order valence-electron chi connectivity index (χ0n) is 16.9. The van der Waals surface area contributed by atoms with Crippen molar-refractivity contribution in [2.75, 3.05) is 5.32 Å². The summed E-state index contributed by atoms with van der Waals surface area (Å²) in [6.45, 7) is 4.18. The second-order valence-electron chi connectivity index (χ2n) is 7.08. The molecule has 0 aliphatic heterocycles. The fourth-order valence-corrected chi connectivity index (χ4v) is 4.07. The summed E-state index contributed by atoms with van der Waals surface area (Å²) in [5, 5.41) is 12.1. The van der Waals surface area contributed by atoms with Gasteiger partial charge in [-0.3, -0.25) is 9.36 Å². The summed E-state index contributed by atoms with van der Waals surface area (Å²) in [4.78, 5) is 12.4. The minimum absolute atomic E-state index is 0.116. The van der Waals surface area contributed by atoms with Crippen molar-refractivity contribution >= 4 is 23.4 Å². The van der Waals surface area contributed by atoms with Gasteiger partial charge in [0.15, 0.2) is 5.16 Å². The monoisotopic (exact) mass is 414 g/mol. The summed E-state index contributed by atoms with van der Waals surface area (Å²) in [6.07, 6.45) is 1.75. The van der Waals surface area contributed by atoms with E-state index in [9.17, 15) is 4.79 Å². The van der Waals surface area contributed by atoms with Crippen molar-refractivity contribution in [3.63, 3.8) is 0 Å². The molecule has 0 radical (unpaired) electrons. The Morgan fingerprint density at radius 2 is 1.77 bits per heavy atom. The van der Waals surface area contributed by atoms with Crippen LogP contribution in [0, 0.1) is 13.8 Å². The van der Waals surface area contributed by atoms with Gasteiger partial charge < -0.3 is 5.32 Å². The Kier molecular flexibility index (Phi) is 5.95. The molecule has 30 heavy (non-hydrogen) atoms. The molecule has 1 N–H and O–H groups in total. The topological polar surface area (TPSA) is 59.8 Å². The molecule has 0 fully saturated rings. The Bertz CT molecular complexity index is 1150. The van der Waals surface area contributed by atoms with Gasteiger partial charge >= 0.3 is 0 Å². The lowest BCUT2D eigenvalue weighted by atomic mass is 10.1. The van der Waals surface area contributed by atoms with Crippen molar-refractivity contribution in [2.24, 2.45) is 0 Å². The zero-order chi connectivity index (χ0) is 20.9. The van der Waals surface area contributed by atoms with Crippen molar-refractivity contribution < 1.29 is 4.79 Å². The van der Waals surface area contributed by atoms with Crippen molar-refractivity contribution in [3.8, 4) is 5.69 Å². The number of amides is 1. The number of carbonyl (C=O) groups is 1. The maximum absolute atomic E-state index is 12.4. The molecule has 0 aliphatic carbocycles. The van der Waals surface area contributed by atoms with Crippen LogP contribution < -0.4 is 5.32 Å². The Morgan fingerprint density at radius 1 is 1.00 bits per heavy atom. The molecule has 6 heteroatoms. The molecule has 1 amide bonds. The lowest BCUT2D eigenvalue weighted by Gasteiger charge is -2.10. The molecule has 0 saturated heterocycles. The summed E-state index contributed by atoms with van der Waals surface area (Å²) in [6, 6.07) is 23.4. The van der Waals surface area contributed by atoms with Crippen LogP contribution in [-0.2, 0) is 5.75 Å². The largest absolute Gasteiger partial charge is 0.322 e. The molecule has 0 atom stereocenters. The third kappa shape index (κ3) is 4.60. The highest BCUT2D eigenvalue weighted by atomic mass is 32.2. The van der Waals surface area contributed by atoms with Gasteiger partial charge in [-0.2, -0.15) is 0 Å². The van der Waals surface area contributed by atoms with Crippen LogP contribution in [-0.4, -0.2) is 20.7 Å². The summed E-state index contributed by atoms with van der Waals surface area (Å²) in [5.74, 6) is 0.625. The van der Waals surface area contributed by atoms with E-state index >= 15 is 0 Å². The van der Waals surface area contributed by atoms with E-state index in [-0.39, 0.29) is 5.91 Å². The fourth-order valence-electron chi connectivity index (χ4n) is 3.19. The van der Waals surface area contributed by atoms with Crippen LogP contribution in [0.4, 0.5) is 5.69 Å². The van der Waals surface area contributed by atoms with Crippen molar-refractivity contribution in [1.82, 2.24) is 14.8 Å². The number of nitrogens with one attached hydrogen (secondary N) is 1. The lowest BCUT2D eigenvalue weighted by Crippen LogP contribution is -2.11. The predicted molar refractivity (Wildman–Crippen MR) is 121 cm³/mol. The molecule has 0 spiro atoms. The number of anilines is 1. The van der Waals surface area contributed by atoms with Gasteiger partial charge in [0, 0.05) is 17.0 Å². The zero-order valence-corrected chi connectivity index (χ0v) is 17.7. The number of benzene rings is 3. The van der Waals surface area contributed by atoms with Gasteiger partial charge in [-0.15, -0.1) is 10.2 Å². The third-order valence-electron chi connectivity index (χ3n) is 4.74. The normalized spacial score (nSPS) is 10.7. The number of carbonyl (C=O) groups excluding carboxylic acids is 1. The van der Waals surface area contributed by atoms with Gasteiger partial charge in [-0.1, -0.05) is 59.8 Å². The Morgan fingerprint density at radius 3 is 2.50 bits per heavy atom. The van der Waals surface area contributed by atoms with Crippen molar-refractivity contribution in [2.45, 2.75) is 24.8 Å². The maximum Gasteiger partial charge on any atom is 0.255 e. The lowest BCUT2D eigenvalue weighted by molar-refractivity contribution is 0.102. The number of hydrogen-bond donors (Lipinski definition) is 1. The van der Waals surface area contributed by atoms with E-state index in [1.807, 2.05) is 59.2 Å².